The van der Waals surface area contributed by atoms with Gasteiger partial charge in [0.1, 0.15) is 10.4 Å². The number of thiophene rings is 1. The van der Waals surface area contributed by atoms with Crippen molar-refractivity contribution in [1.29, 1.82) is 0 Å². The molecule has 96 valence electrons. The van der Waals surface area contributed by atoms with E-state index in [0.717, 1.165) is 4.57 Å². The molecule has 2 aromatic heterocycles. The van der Waals surface area contributed by atoms with E-state index in [0.29, 0.717) is 21.7 Å². The van der Waals surface area contributed by atoms with Crippen LogP contribution >= 0.6 is 11.3 Å². The molecule has 0 bridgehead atoms. The van der Waals surface area contributed by atoms with Gasteiger partial charge in [-0.1, -0.05) is 6.07 Å². The predicted octanol–water partition coefficient (Wildman–Crippen LogP) is 1.75. The number of hydrogen-bond acceptors (Lipinski definition) is 4. The van der Waals surface area contributed by atoms with Crippen LogP contribution in [0.1, 0.15) is 0 Å². The number of aromatic nitrogens is 2. The highest BCUT2D eigenvalue weighted by Crippen LogP contribution is 2.16. The van der Waals surface area contributed by atoms with Crippen molar-refractivity contribution in [3.05, 3.63) is 56.5 Å². The Balaban J connectivity index is 2.35. The third kappa shape index (κ3) is 1.86. The maximum Gasteiger partial charge on any atom is 0.333 e. The third-order valence-electron chi connectivity index (χ3n) is 2.82. The fourth-order valence-corrected chi connectivity index (χ4v) is 2.70. The van der Waals surface area contributed by atoms with E-state index in [1.54, 1.807) is 35.7 Å². The van der Waals surface area contributed by atoms with Crippen LogP contribution in [0.4, 0.5) is 0 Å². The molecule has 0 saturated heterocycles. The van der Waals surface area contributed by atoms with Gasteiger partial charge in [-0.3, -0.25) is 4.79 Å². The lowest BCUT2D eigenvalue weighted by Gasteiger charge is -2.06. The second kappa shape index (κ2) is 4.40. The summed E-state index contributed by atoms with van der Waals surface area (Å²) in [4.78, 5) is 27.0. The Morgan fingerprint density at radius 3 is 2.89 bits per heavy atom. The first-order chi connectivity index (χ1) is 9.20. The number of benzene rings is 1. The number of methoxy groups -OCH3 is 1. The first-order valence-corrected chi connectivity index (χ1v) is 6.45. The van der Waals surface area contributed by atoms with Gasteiger partial charge in [0, 0.05) is 6.07 Å². The summed E-state index contributed by atoms with van der Waals surface area (Å²) in [7, 11) is 1.54. The number of nitrogens with one attached hydrogen (secondary N) is 1. The molecule has 0 aliphatic heterocycles. The fourth-order valence-electron chi connectivity index (χ4n) is 1.92. The Hall–Kier alpha value is -2.34. The summed E-state index contributed by atoms with van der Waals surface area (Å²) in [6.45, 7) is 0. The maximum atomic E-state index is 12.3. The quantitative estimate of drug-likeness (QED) is 0.774. The van der Waals surface area contributed by atoms with E-state index in [-0.39, 0.29) is 5.56 Å². The van der Waals surface area contributed by atoms with Crippen molar-refractivity contribution in [3.8, 4) is 11.4 Å². The molecule has 19 heavy (non-hydrogen) atoms. The van der Waals surface area contributed by atoms with Gasteiger partial charge >= 0.3 is 5.69 Å². The molecule has 0 saturated carbocycles. The summed E-state index contributed by atoms with van der Waals surface area (Å²) in [5.41, 5.74) is 0.284. The average Bonchev–Trinajstić information content (AvgIpc) is 2.87. The molecule has 0 spiro atoms. The highest BCUT2D eigenvalue weighted by molar-refractivity contribution is 7.17. The molecule has 0 unspecified atom stereocenters. The number of hydrogen-bond donors (Lipinski definition) is 1. The molecule has 2 heterocycles. The van der Waals surface area contributed by atoms with E-state index in [1.165, 1.54) is 18.4 Å². The largest absolute Gasteiger partial charge is 0.497 e. The molecule has 0 radical (unpaired) electrons. The predicted molar refractivity (Wildman–Crippen MR) is 74.6 cm³/mol. The van der Waals surface area contributed by atoms with E-state index < -0.39 is 5.69 Å². The molecule has 6 heteroatoms. The van der Waals surface area contributed by atoms with E-state index in [4.69, 9.17) is 4.74 Å². The lowest BCUT2D eigenvalue weighted by molar-refractivity contribution is 0.414. The Labute approximate surface area is 111 Å². The summed E-state index contributed by atoms with van der Waals surface area (Å²) >= 11 is 1.31. The van der Waals surface area contributed by atoms with Gasteiger partial charge in [0.25, 0.3) is 5.56 Å². The molecule has 1 N–H and O–H groups in total. The van der Waals surface area contributed by atoms with Crippen molar-refractivity contribution >= 4 is 21.6 Å². The number of rotatable bonds is 2. The Bertz CT molecular complexity index is 860. The molecule has 0 fully saturated rings. The normalized spacial score (nSPS) is 10.8. The second-order valence-electron chi connectivity index (χ2n) is 3.94. The fraction of sp³-hybridized carbons (Fsp3) is 0.0769. The van der Waals surface area contributed by atoms with E-state index in [2.05, 4.69) is 4.98 Å². The van der Waals surface area contributed by atoms with Gasteiger partial charge in [0.15, 0.2) is 0 Å². The lowest BCUT2D eigenvalue weighted by Crippen LogP contribution is -2.32. The summed E-state index contributed by atoms with van der Waals surface area (Å²) in [6, 6.07) is 8.55. The number of H-pyrrole nitrogens is 1. The van der Waals surface area contributed by atoms with Crippen molar-refractivity contribution in [1.82, 2.24) is 9.55 Å². The summed E-state index contributed by atoms with van der Waals surface area (Å²) in [5, 5.41) is 1.78. The zero-order chi connectivity index (χ0) is 13.4. The van der Waals surface area contributed by atoms with E-state index >= 15 is 0 Å². The first-order valence-electron chi connectivity index (χ1n) is 5.57. The van der Waals surface area contributed by atoms with Gasteiger partial charge in [0.2, 0.25) is 0 Å². The third-order valence-corrected chi connectivity index (χ3v) is 3.72. The topological polar surface area (TPSA) is 64.1 Å². The second-order valence-corrected chi connectivity index (χ2v) is 4.85. The zero-order valence-electron chi connectivity index (χ0n) is 10.0. The molecule has 3 rings (SSSR count). The lowest BCUT2D eigenvalue weighted by atomic mass is 10.3. The van der Waals surface area contributed by atoms with Crippen LogP contribution in [-0.4, -0.2) is 16.7 Å². The van der Waals surface area contributed by atoms with Gasteiger partial charge in [-0.2, -0.15) is 0 Å². The van der Waals surface area contributed by atoms with Crippen molar-refractivity contribution < 1.29 is 4.74 Å². The summed E-state index contributed by atoms with van der Waals surface area (Å²) in [6.07, 6.45) is 0. The van der Waals surface area contributed by atoms with Gasteiger partial charge < -0.3 is 9.72 Å². The molecular formula is C13H10N2O3S. The minimum Gasteiger partial charge on any atom is -0.497 e. The molecule has 0 atom stereocenters. The van der Waals surface area contributed by atoms with Gasteiger partial charge in [-0.25, -0.2) is 9.36 Å². The molecule has 5 nitrogen and oxygen atoms in total. The van der Waals surface area contributed by atoms with Crippen LogP contribution in [0.25, 0.3) is 15.9 Å². The van der Waals surface area contributed by atoms with Gasteiger partial charge in [0.05, 0.1) is 18.3 Å². The van der Waals surface area contributed by atoms with Crippen LogP contribution in [-0.2, 0) is 0 Å². The van der Waals surface area contributed by atoms with Crippen LogP contribution in [0.5, 0.6) is 5.75 Å². The summed E-state index contributed by atoms with van der Waals surface area (Å²) in [5.74, 6) is 0.593. The number of fused-ring (bicyclic) bond motifs is 1. The molecule has 0 aliphatic rings. The van der Waals surface area contributed by atoms with Crippen LogP contribution in [0.2, 0.25) is 0 Å². The summed E-state index contributed by atoms with van der Waals surface area (Å²) < 4.78 is 6.75. The van der Waals surface area contributed by atoms with Crippen LogP contribution in [0.15, 0.2) is 45.3 Å². The average molecular weight is 274 g/mol. The number of nitrogens with zero attached hydrogens (tertiary/aromatic N) is 1. The van der Waals surface area contributed by atoms with Crippen LogP contribution in [0, 0.1) is 0 Å². The first kappa shape index (κ1) is 11.7. The molecule has 0 aliphatic carbocycles. The van der Waals surface area contributed by atoms with Crippen molar-refractivity contribution in [2.45, 2.75) is 0 Å². The monoisotopic (exact) mass is 274 g/mol. The van der Waals surface area contributed by atoms with Gasteiger partial charge in [-0.05, 0) is 23.6 Å². The number of aromatic amines is 1. The molecule has 3 aromatic rings. The van der Waals surface area contributed by atoms with Crippen LogP contribution < -0.4 is 16.0 Å². The highest BCUT2D eigenvalue weighted by Gasteiger charge is 2.10. The van der Waals surface area contributed by atoms with E-state index in [9.17, 15) is 9.59 Å². The molecular weight excluding hydrogens is 264 g/mol. The van der Waals surface area contributed by atoms with Crippen LogP contribution in [0.3, 0.4) is 0 Å². The van der Waals surface area contributed by atoms with Crippen molar-refractivity contribution in [2.75, 3.05) is 7.11 Å². The van der Waals surface area contributed by atoms with E-state index in [1.807, 2.05) is 0 Å². The Morgan fingerprint density at radius 1 is 1.26 bits per heavy atom. The Morgan fingerprint density at radius 2 is 2.11 bits per heavy atom. The highest BCUT2D eigenvalue weighted by atomic mass is 32.1. The maximum absolute atomic E-state index is 12.3. The smallest absolute Gasteiger partial charge is 0.333 e. The van der Waals surface area contributed by atoms with Crippen molar-refractivity contribution in [3.63, 3.8) is 0 Å². The standard InChI is InChI=1S/C13H10N2O3S/c1-18-9-4-2-3-8(7-9)15-12(16)11-10(5-6-19-11)14-13(15)17/h2-7H,1H3,(H,14,17). The SMILES string of the molecule is COc1cccc(-n2c(=O)[nH]c3ccsc3c2=O)c1. The zero-order valence-corrected chi connectivity index (χ0v) is 10.9. The number of ether oxygens (including phenoxy) is 1. The van der Waals surface area contributed by atoms with Crippen molar-refractivity contribution in [2.24, 2.45) is 0 Å². The van der Waals surface area contributed by atoms with Gasteiger partial charge in [-0.15, -0.1) is 11.3 Å². The minimum absolute atomic E-state index is 0.318. The minimum atomic E-state index is -0.454. The molecule has 0 amide bonds. The molecule has 1 aromatic carbocycles. The Kier molecular flexibility index (Phi) is 2.72.